The lowest BCUT2D eigenvalue weighted by molar-refractivity contribution is -0.143. The van der Waals surface area contributed by atoms with Crippen molar-refractivity contribution in [2.45, 2.75) is 251 Å². The fraction of sp³-hybridized carbons (Fsp3) is 0.837. The van der Waals surface area contributed by atoms with Crippen LogP contribution in [0, 0.1) is 0 Å². The van der Waals surface area contributed by atoms with E-state index in [1.807, 2.05) is 0 Å². The normalized spacial score (nSPS) is 13.0. The number of amides is 1. The van der Waals surface area contributed by atoms with E-state index in [9.17, 15) is 19.8 Å². The Morgan fingerprint density at radius 3 is 1.47 bits per heavy atom. The van der Waals surface area contributed by atoms with Gasteiger partial charge in [-0.25, -0.2) is 0 Å². The molecular weight excluding hydrogens is 683 g/mol. The topological polar surface area (TPSA) is 95.9 Å². The smallest absolute Gasteiger partial charge is 0.305 e. The van der Waals surface area contributed by atoms with Crippen molar-refractivity contribution in [1.29, 1.82) is 0 Å². The van der Waals surface area contributed by atoms with Crippen molar-refractivity contribution in [3.63, 3.8) is 0 Å². The van der Waals surface area contributed by atoms with E-state index >= 15 is 0 Å². The number of rotatable bonds is 43. The maximum absolute atomic E-state index is 12.4. The van der Waals surface area contributed by atoms with Gasteiger partial charge in [-0.05, 0) is 77.0 Å². The van der Waals surface area contributed by atoms with E-state index < -0.39 is 12.1 Å². The number of hydrogen-bond acceptors (Lipinski definition) is 5. The highest BCUT2D eigenvalue weighted by molar-refractivity contribution is 5.76. The van der Waals surface area contributed by atoms with Gasteiger partial charge in [0.2, 0.25) is 5.91 Å². The molecule has 0 aliphatic rings. The third kappa shape index (κ3) is 41.5. The molecular formula is C49H91NO5. The largest absolute Gasteiger partial charge is 0.466 e. The van der Waals surface area contributed by atoms with Gasteiger partial charge in [-0.2, -0.15) is 0 Å². The minimum Gasteiger partial charge on any atom is -0.466 e. The molecule has 0 aromatic heterocycles. The summed E-state index contributed by atoms with van der Waals surface area (Å²) in [6.45, 7) is 4.81. The summed E-state index contributed by atoms with van der Waals surface area (Å²) in [6.07, 6.45) is 52.5. The van der Waals surface area contributed by atoms with Gasteiger partial charge in [0, 0.05) is 12.8 Å². The van der Waals surface area contributed by atoms with Crippen molar-refractivity contribution in [3.8, 4) is 0 Å². The average molecular weight is 774 g/mol. The van der Waals surface area contributed by atoms with E-state index in [4.69, 9.17) is 4.74 Å². The van der Waals surface area contributed by atoms with Crippen molar-refractivity contribution < 1.29 is 24.5 Å². The zero-order valence-electron chi connectivity index (χ0n) is 36.4. The Morgan fingerprint density at radius 1 is 0.509 bits per heavy atom. The summed E-state index contributed by atoms with van der Waals surface area (Å²) in [6, 6.07) is -0.579. The van der Waals surface area contributed by atoms with Gasteiger partial charge in [-0.15, -0.1) is 0 Å². The Kier molecular flexibility index (Phi) is 43.2. The van der Waals surface area contributed by atoms with Crippen molar-refractivity contribution in [2.24, 2.45) is 0 Å². The molecule has 0 radical (unpaired) electrons. The van der Waals surface area contributed by atoms with Gasteiger partial charge < -0.3 is 20.3 Å². The number of ether oxygens (including phenoxy) is 1. The number of allylic oxidation sites excluding steroid dienone is 6. The molecule has 2 atom stereocenters. The van der Waals surface area contributed by atoms with Crippen LogP contribution in [0.4, 0.5) is 0 Å². The number of aliphatic hydroxyl groups excluding tert-OH is 2. The molecule has 0 spiro atoms. The Bertz CT molecular complexity index is 900. The molecule has 0 saturated heterocycles. The second-order valence-corrected chi connectivity index (χ2v) is 16.1. The fourth-order valence-corrected chi connectivity index (χ4v) is 6.96. The summed E-state index contributed by atoms with van der Waals surface area (Å²) in [5.41, 5.74) is 0. The number of carbonyl (C=O) groups excluding carboxylic acids is 2. The molecule has 0 aliphatic carbocycles. The Morgan fingerprint density at radius 2 is 0.927 bits per heavy atom. The number of aliphatic hydroxyl groups is 2. The molecule has 1 amide bonds. The van der Waals surface area contributed by atoms with Gasteiger partial charge >= 0.3 is 5.97 Å². The first-order chi connectivity index (χ1) is 27.0. The molecule has 0 aromatic carbocycles. The van der Waals surface area contributed by atoms with Crippen LogP contribution in [0.3, 0.4) is 0 Å². The first-order valence-corrected chi connectivity index (χ1v) is 23.7. The lowest BCUT2D eigenvalue weighted by atomic mass is 10.0. The van der Waals surface area contributed by atoms with Crippen LogP contribution in [0.25, 0.3) is 0 Å². The predicted molar refractivity (Wildman–Crippen MR) is 236 cm³/mol. The highest BCUT2D eigenvalue weighted by atomic mass is 16.5. The van der Waals surface area contributed by atoms with Crippen molar-refractivity contribution >= 4 is 11.9 Å². The van der Waals surface area contributed by atoms with E-state index in [1.54, 1.807) is 0 Å². The van der Waals surface area contributed by atoms with Crippen LogP contribution in [-0.4, -0.2) is 47.4 Å². The third-order valence-corrected chi connectivity index (χ3v) is 10.7. The molecule has 0 bridgehead atoms. The van der Waals surface area contributed by atoms with Gasteiger partial charge in [-0.3, -0.25) is 9.59 Å². The molecule has 6 nitrogen and oxygen atoms in total. The molecule has 0 fully saturated rings. The maximum Gasteiger partial charge on any atom is 0.305 e. The summed E-state index contributed by atoms with van der Waals surface area (Å²) >= 11 is 0. The van der Waals surface area contributed by atoms with Crippen LogP contribution in [-0.2, 0) is 14.3 Å². The van der Waals surface area contributed by atoms with E-state index in [1.165, 1.54) is 128 Å². The standard InChI is InChI=1S/C49H91NO5/c1-3-5-7-9-11-13-15-17-18-19-20-21-23-27-31-35-39-43-49(54)55-44-40-36-32-28-24-26-30-34-38-42-48(53)50-46(45-51)47(52)41-37-33-29-25-22-16-14-12-10-8-6-4-2/h11,13,17-18,26,30,46-47,51-52H,3-10,12,14-16,19-25,27-29,31-45H2,1-2H3,(H,50,53)/b13-11-,18-17-,30-26-. The molecule has 322 valence electrons. The maximum atomic E-state index is 12.4. The highest BCUT2D eigenvalue weighted by Crippen LogP contribution is 2.15. The minimum atomic E-state index is -0.695. The van der Waals surface area contributed by atoms with Gasteiger partial charge in [-0.1, -0.05) is 185 Å². The van der Waals surface area contributed by atoms with Crippen LogP contribution in [0.5, 0.6) is 0 Å². The van der Waals surface area contributed by atoms with E-state index in [0.29, 0.717) is 25.9 Å². The first-order valence-electron chi connectivity index (χ1n) is 23.7. The fourth-order valence-electron chi connectivity index (χ4n) is 6.96. The van der Waals surface area contributed by atoms with Crippen molar-refractivity contribution in [1.82, 2.24) is 5.32 Å². The molecule has 0 aliphatic heterocycles. The Labute approximate surface area is 341 Å². The number of carbonyl (C=O) groups is 2. The Balaban J connectivity index is 3.55. The van der Waals surface area contributed by atoms with Crippen LogP contribution in [0.2, 0.25) is 0 Å². The molecule has 0 aromatic rings. The molecule has 3 N–H and O–H groups in total. The second-order valence-electron chi connectivity index (χ2n) is 16.1. The van der Waals surface area contributed by atoms with Crippen molar-refractivity contribution in [3.05, 3.63) is 36.5 Å². The van der Waals surface area contributed by atoms with Gasteiger partial charge in [0.15, 0.2) is 0 Å². The van der Waals surface area contributed by atoms with Crippen LogP contribution >= 0.6 is 0 Å². The average Bonchev–Trinajstić information content (AvgIpc) is 3.18. The molecule has 0 heterocycles. The second kappa shape index (κ2) is 44.8. The predicted octanol–water partition coefficient (Wildman–Crippen LogP) is 13.7. The number of unbranched alkanes of at least 4 members (excludes halogenated alkanes) is 26. The lowest BCUT2D eigenvalue weighted by Crippen LogP contribution is -2.45. The number of esters is 1. The van der Waals surface area contributed by atoms with Crippen molar-refractivity contribution in [2.75, 3.05) is 13.2 Å². The van der Waals surface area contributed by atoms with Gasteiger partial charge in [0.1, 0.15) is 0 Å². The minimum absolute atomic E-state index is 0.0444. The number of hydrogen-bond donors (Lipinski definition) is 3. The Hall–Kier alpha value is -1.92. The summed E-state index contributed by atoms with van der Waals surface area (Å²) in [4.78, 5) is 24.4. The SMILES string of the molecule is CCCCC/C=C\C/C=C\CCCCCCCCCC(=O)OCCCCCC/C=C\CCCC(=O)NC(CO)C(O)CCCCCCCCCCCCCC. The number of nitrogens with one attached hydrogen (secondary N) is 1. The molecule has 6 heteroatoms. The first kappa shape index (κ1) is 53.1. The van der Waals surface area contributed by atoms with E-state index in [2.05, 4.69) is 55.6 Å². The quantitative estimate of drug-likeness (QED) is 0.0326. The van der Waals surface area contributed by atoms with E-state index in [-0.39, 0.29) is 18.5 Å². The lowest BCUT2D eigenvalue weighted by Gasteiger charge is -2.22. The van der Waals surface area contributed by atoms with Crippen LogP contribution in [0.1, 0.15) is 239 Å². The van der Waals surface area contributed by atoms with Crippen LogP contribution < -0.4 is 5.32 Å². The monoisotopic (exact) mass is 774 g/mol. The molecule has 0 rings (SSSR count). The van der Waals surface area contributed by atoms with Gasteiger partial charge in [0.25, 0.3) is 0 Å². The summed E-state index contributed by atoms with van der Waals surface area (Å²) < 4.78 is 5.43. The zero-order valence-corrected chi connectivity index (χ0v) is 36.4. The molecule has 0 saturated carbocycles. The summed E-state index contributed by atoms with van der Waals surface area (Å²) in [5.74, 6) is -0.143. The zero-order chi connectivity index (χ0) is 40.1. The van der Waals surface area contributed by atoms with E-state index in [0.717, 1.165) is 77.0 Å². The van der Waals surface area contributed by atoms with Gasteiger partial charge in [0.05, 0.1) is 25.4 Å². The highest BCUT2D eigenvalue weighted by Gasteiger charge is 2.19. The molecule has 55 heavy (non-hydrogen) atoms. The third-order valence-electron chi connectivity index (χ3n) is 10.7. The summed E-state index contributed by atoms with van der Waals surface area (Å²) in [5, 5.41) is 23.1. The van der Waals surface area contributed by atoms with Crippen LogP contribution in [0.15, 0.2) is 36.5 Å². The summed E-state index contributed by atoms with van der Waals surface area (Å²) in [7, 11) is 0. The molecule has 2 unspecified atom stereocenters.